The van der Waals surface area contributed by atoms with Gasteiger partial charge in [-0.15, -0.1) is 11.3 Å². The Kier molecular flexibility index (Phi) is 8.64. The first-order chi connectivity index (χ1) is 16.5. The van der Waals surface area contributed by atoms with Crippen molar-refractivity contribution in [2.45, 2.75) is 25.9 Å². The highest BCUT2D eigenvalue weighted by molar-refractivity contribution is 7.12. The molecule has 0 aliphatic heterocycles. The zero-order chi connectivity index (χ0) is 25.8. The Bertz CT molecular complexity index is 1300. The van der Waals surface area contributed by atoms with Crippen LogP contribution in [0.5, 0.6) is 0 Å². The van der Waals surface area contributed by atoms with Crippen LogP contribution >= 0.6 is 34.5 Å². The highest BCUT2D eigenvalue weighted by atomic mass is 35.5. The molecule has 10 heteroatoms. The summed E-state index contributed by atoms with van der Waals surface area (Å²) in [6.07, 6.45) is -3.10. The van der Waals surface area contributed by atoms with Crippen LogP contribution in [0, 0.1) is 0 Å². The van der Waals surface area contributed by atoms with Gasteiger partial charge in [0, 0.05) is 5.02 Å². The van der Waals surface area contributed by atoms with Crippen LogP contribution in [0.25, 0.3) is 11.1 Å². The smallest absolute Gasteiger partial charge is 0.430 e. The molecule has 0 atom stereocenters. The summed E-state index contributed by atoms with van der Waals surface area (Å²) in [5, 5.41) is 2.37. The summed E-state index contributed by atoms with van der Waals surface area (Å²) in [4.78, 5) is 16.6. The Morgan fingerprint density at radius 3 is 2.49 bits per heavy atom. The third-order valence-corrected chi connectivity index (χ3v) is 6.50. The maximum atomic E-state index is 13.2. The van der Waals surface area contributed by atoms with Gasteiger partial charge in [-0.3, -0.25) is 4.79 Å². The lowest BCUT2D eigenvalue weighted by Crippen LogP contribution is -2.20. The molecule has 4 nitrogen and oxygen atoms in total. The van der Waals surface area contributed by atoms with E-state index in [4.69, 9.17) is 33.7 Å². The maximum absolute atomic E-state index is 13.2. The molecular formula is C25H21Cl2F3N2O2S. The van der Waals surface area contributed by atoms with Crippen LogP contribution in [0.2, 0.25) is 10.0 Å². The van der Waals surface area contributed by atoms with Crippen LogP contribution in [0.4, 0.5) is 18.9 Å². The molecule has 3 rings (SSSR count). The number of aliphatic imine (C=N–C) groups is 1. The second-order valence-electron chi connectivity index (χ2n) is 7.53. The number of ether oxygens (including phenoxy) is 1. The van der Waals surface area contributed by atoms with E-state index in [0.29, 0.717) is 9.90 Å². The largest absolute Gasteiger partial charge is 0.469 e. The Balaban J connectivity index is 2.10. The average molecular weight is 541 g/mol. The minimum absolute atomic E-state index is 0.0123. The van der Waals surface area contributed by atoms with Gasteiger partial charge >= 0.3 is 12.1 Å². The second-order valence-corrected chi connectivity index (χ2v) is 9.29. The number of allylic oxidation sites excluding steroid dienone is 2. The first kappa shape index (κ1) is 26.8. The highest BCUT2D eigenvalue weighted by Crippen LogP contribution is 2.33. The molecule has 0 unspecified atom stereocenters. The van der Waals surface area contributed by atoms with Gasteiger partial charge in [-0.05, 0) is 64.4 Å². The third kappa shape index (κ3) is 7.10. The van der Waals surface area contributed by atoms with Crippen molar-refractivity contribution in [1.29, 1.82) is 0 Å². The molecule has 2 aromatic carbocycles. The standard InChI is InChI=1S/C25H21Cl2F3N2O2S/c1-3-14-6-15(9-24(33)34-2)8-16(7-14)17-10-22(35-13-17)21(12-23(31)25(28,29)30)32-20-11-18(26)4-5-19(20)27/h4-8,10-13H,3,9,31H2,1-2H3/b23-12-,32-21?. The van der Waals surface area contributed by atoms with Gasteiger partial charge in [-0.2, -0.15) is 13.2 Å². The molecule has 0 aliphatic rings. The number of aryl methyl sites for hydroxylation is 1. The lowest BCUT2D eigenvalue weighted by Gasteiger charge is -2.08. The zero-order valence-corrected chi connectivity index (χ0v) is 21.1. The average Bonchev–Trinajstić information content (AvgIpc) is 3.30. The lowest BCUT2D eigenvalue weighted by molar-refractivity contribution is -0.139. The van der Waals surface area contributed by atoms with Crippen molar-refractivity contribution >= 4 is 51.9 Å². The van der Waals surface area contributed by atoms with Gasteiger partial charge in [0.05, 0.1) is 34.8 Å². The van der Waals surface area contributed by atoms with E-state index in [9.17, 15) is 18.0 Å². The minimum Gasteiger partial charge on any atom is -0.469 e. The first-order valence-corrected chi connectivity index (χ1v) is 12.0. The molecule has 35 heavy (non-hydrogen) atoms. The molecule has 0 radical (unpaired) electrons. The molecule has 3 aromatic rings. The molecule has 0 bridgehead atoms. The maximum Gasteiger partial charge on any atom is 0.430 e. The lowest BCUT2D eigenvalue weighted by atomic mass is 9.98. The molecule has 1 heterocycles. The summed E-state index contributed by atoms with van der Waals surface area (Å²) >= 11 is 13.4. The molecule has 0 fully saturated rings. The topological polar surface area (TPSA) is 64.7 Å². The molecular weight excluding hydrogens is 520 g/mol. The number of hydrogen-bond donors (Lipinski definition) is 1. The number of benzene rings is 2. The van der Waals surface area contributed by atoms with E-state index in [1.807, 2.05) is 25.1 Å². The number of hydrogen-bond acceptors (Lipinski definition) is 5. The Morgan fingerprint density at radius 1 is 1.11 bits per heavy atom. The normalized spacial score (nSPS) is 12.7. The summed E-state index contributed by atoms with van der Waals surface area (Å²) < 4.78 is 44.4. The predicted molar refractivity (Wildman–Crippen MR) is 136 cm³/mol. The molecule has 0 spiro atoms. The second kappa shape index (κ2) is 11.3. The van der Waals surface area contributed by atoms with Gasteiger partial charge in [-0.25, -0.2) is 4.99 Å². The highest BCUT2D eigenvalue weighted by Gasteiger charge is 2.32. The van der Waals surface area contributed by atoms with Crippen LogP contribution in [0.3, 0.4) is 0 Å². The van der Waals surface area contributed by atoms with E-state index >= 15 is 0 Å². The van der Waals surface area contributed by atoms with Gasteiger partial charge in [0.1, 0.15) is 5.70 Å². The first-order valence-electron chi connectivity index (χ1n) is 10.4. The quantitative estimate of drug-likeness (QED) is 0.249. The summed E-state index contributed by atoms with van der Waals surface area (Å²) in [6.45, 7) is 1.99. The number of nitrogens with zero attached hydrogens (tertiary/aromatic N) is 1. The van der Waals surface area contributed by atoms with E-state index in [0.717, 1.165) is 34.8 Å². The zero-order valence-electron chi connectivity index (χ0n) is 18.7. The Morgan fingerprint density at radius 2 is 1.83 bits per heavy atom. The molecule has 0 amide bonds. The van der Waals surface area contributed by atoms with Gasteiger partial charge < -0.3 is 10.5 Å². The summed E-state index contributed by atoms with van der Waals surface area (Å²) in [5.41, 5.74) is 7.57. The molecule has 0 aliphatic carbocycles. The number of nitrogens with two attached hydrogens (primary N) is 1. The number of thiophene rings is 1. The van der Waals surface area contributed by atoms with Crippen LogP contribution in [0.1, 0.15) is 22.9 Å². The van der Waals surface area contributed by atoms with E-state index < -0.39 is 11.9 Å². The van der Waals surface area contributed by atoms with Crippen molar-refractivity contribution in [1.82, 2.24) is 0 Å². The summed E-state index contributed by atoms with van der Waals surface area (Å²) in [6, 6.07) is 12.0. The number of rotatable bonds is 7. The van der Waals surface area contributed by atoms with Gasteiger partial charge in [-0.1, -0.05) is 48.3 Å². The molecule has 0 saturated heterocycles. The summed E-state index contributed by atoms with van der Waals surface area (Å²) in [7, 11) is 1.32. The fraction of sp³-hybridized carbons (Fsp3) is 0.200. The van der Waals surface area contributed by atoms with Crippen molar-refractivity contribution in [2.75, 3.05) is 7.11 Å². The Hall–Kier alpha value is -2.81. The summed E-state index contributed by atoms with van der Waals surface area (Å²) in [5.74, 6) is -0.365. The number of alkyl halides is 3. The van der Waals surface area contributed by atoms with E-state index in [1.54, 1.807) is 17.5 Å². The minimum atomic E-state index is -4.72. The molecule has 1 aromatic heterocycles. The number of halogens is 5. The third-order valence-electron chi connectivity index (χ3n) is 4.99. The fourth-order valence-electron chi connectivity index (χ4n) is 3.19. The SMILES string of the molecule is CCc1cc(CC(=O)OC)cc(-c2csc(C(/C=C(\N)C(F)(F)F)=Nc3cc(Cl)ccc3Cl)c2)c1. The Labute approximate surface area is 214 Å². The number of carbonyl (C=O) groups is 1. The van der Waals surface area contributed by atoms with Crippen LogP contribution in [0.15, 0.2) is 64.6 Å². The number of carbonyl (C=O) groups excluding carboxylic acids is 1. The van der Waals surface area contributed by atoms with Gasteiger partial charge in [0.25, 0.3) is 0 Å². The number of methoxy groups -OCH3 is 1. The van der Waals surface area contributed by atoms with Crippen LogP contribution < -0.4 is 5.73 Å². The van der Waals surface area contributed by atoms with E-state index in [1.165, 1.54) is 30.6 Å². The van der Waals surface area contributed by atoms with Crippen molar-refractivity contribution in [3.63, 3.8) is 0 Å². The van der Waals surface area contributed by atoms with Gasteiger partial charge in [0.15, 0.2) is 0 Å². The van der Waals surface area contributed by atoms with Crippen LogP contribution in [-0.4, -0.2) is 25.0 Å². The van der Waals surface area contributed by atoms with Crippen molar-refractivity contribution in [3.05, 3.63) is 85.7 Å². The number of esters is 1. The van der Waals surface area contributed by atoms with Gasteiger partial charge in [0.2, 0.25) is 0 Å². The predicted octanol–water partition coefficient (Wildman–Crippen LogP) is 7.53. The molecule has 2 N–H and O–H groups in total. The van der Waals surface area contributed by atoms with Crippen LogP contribution in [-0.2, 0) is 22.4 Å². The molecule has 0 saturated carbocycles. The molecule has 184 valence electrons. The fourth-order valence-corrected chi connectivity index (χ4v) is 4.39. The van der Waals surface area contributed by atoms with E-state index in [-0.39, 0.29) is 28.8 Å². The van der Waals surface area contributed by atoms with Crippen molar-refractivity contribution < 1.29 is 22.7 Å². The van der Waals surface area contributed by atoms with E-state index in [2.05, 4.69) is 4.99 Å². The van der Waals surface area contributed by atoms with Crippen molar-refractivity contribution in [2.24, 2.45) is 10.7 Å². The van der Waals surface area contributed by atoms with Crippen molar-refractivity contribution in [3.8, 4) is 11.1 Å². The monoisotopic (exact) mass is 540 g/mol.